The Hall–Kier alpha value is 0. The fraction of sp³-hybridized carbons (Fsp3) is 1.00. The Morgan fingerprint density at radius 2 is 1.25 bits per heavy atom. The maximum atomic E-state index is 2.30. The van der Waals surface area contributed by atoms with Crippen molar-refractivity contribution in [2.24, 2.45) is 11.8 Å². The normalized spacial score (nSPS) is 9.00. The molecule has 78 valence electrons. The largest absolute Gasteiger partial charge is 0.0776 e. The molecule has 12 heavy (non-hydrogen) atoms. The van der Waals surface area contributed by atoms with E-state index < -0.39 is 0 Å². The van der Waals surface area contributed by atoms with Crippen LogP contribution in [0.5, 0.6) is 0 Å². The molecule has 0 radical (unpaired) electrons. The first-order valence-electron chi connectivity index (χ1n) is 5.20. The van der Waals surface area contributed by atoms with Crippen LogP contribution in [0.25, 0.3) is 0 Å². The molecule has 0 heterocycles. The highest BCUT2D eigenvalue weighted by Crippen LogP contribution is 2.17. The Morgan fingerprint density at radius 1 is 0.917 bits per heavy atom. The summed E-state index contributed by atoms with van der Waals surface area (Å²) in [6.07, 6.45) is 4.12. The third-order valence-electron chi connectivity index (χ3n) is 1.96. The monoisotopic (exact) mass is 174 g/mol. The zero-order valence-electron chi connectivity index (χ0n) is 9.28. The van der Waals surface area contributed by atoms with Gasteiger partial charge in [-0.25, -0.2) is 0 Å². The van der Waals surface area contributed by atoms with Crippen molar-refractivity contribution < 1.29 is 0 Å². The summed E-state index contributed by atoms with van der Waals surface area (Å²) in [6, 6.07) is 0. The van der Waals surface area contributed by atoms with Gasteiger partial charge in [-0.2, -0.15) is 0 Å². The van der Waals surface area contributed by atoms with Gasteiger partial charge in [-0.1, -0.05) is 61.8 Å². The van der Waals surface area contributed by atoms with E-state index in [1.54, 1.807) is 0 Å². The maximum Gasteiger partial charge on any atom is -0.0417 e. The molecule has 0 aliphatic rings. The summed E-state index contributed by atoms with van der Waals surface area (Å²) in [5.41, 5.74) is 0. The molecular weight excluding hydrogens is 144 g/mol. The first-order valence-corrected chi connectivity index (χ1v) is 5.20. The summed E-state index contributed by atoms with van der Waals surface area (Å²) in [4.78, 5) is 0. The van der Waals surface area contributed by atoms with E-state index in [0.29, 0.717) is 0 Å². The number of hydrogen-bond acceptors (Lipinski definition) is 0. The molecule has 0 aromatic heterocycles. The first-order chi connectivity index (χ1) is 5.20. The Labute approximate surface area is 80.8 Å². The Balaban J connectivity index is -0.000000249. The molecule has 0 N–H and O–H groups in total. The molecule has 0 aromatic rings. The minimum absolute atomic E-state index is 0. The van der Waals surface area contributed by atoms with Crippen LogP contribution in [0.1, 0.15) is 68.2 Å². The van der Waals surface area contributed by atoms with Crippen LogP contribution < -0.4 is 0 Å². The van der Waals surface area contributed by atoms with Gasteiger partial charge in [0.05, 0.1) is 0 Å². The van der Waals surface area contributed by atoms with E-state index >= 15 is 0 Å². The van der Waals surface area contributed by atoms with E-state index in [1.807, 2.05) is 13.8 Å². The maximum absolute atomic E-state index is 2.30. The smallest absolute Gasteiger partial charge is 0.0417 e. The molecule has 0 atom stereocenters. The van der Waals surface area contributed by atoms with Crippen molar-refractivity contribution in [1.82, 2.24) is 0 Å². The third-order valence-corrected chi connectivity index (χ3v) is 1.96. The van der Waals surface area contributed by atoms with Crippen molar-refractivity contribution in [3.8, 4) is 0 Å². The van der Waals surface area contributed by atoms with Crippen LogP contribution in [0.2, 0.25) is 0 Å². The highest BCUT2D eigenvalue weighted by atomic mass is 14.1. The molecule has 0 nitrogen and oxygen atoms in total. The van der Waals surface area contributed by atoms with E-state index in [1.165, 1.54) is 19.3 Å². The minimum atomic E-state index is 0. The fourth-order valence-corrected chi connectivity index (χ4v) is 1.29. The molecule has 0 amide bonds. The SMILES string of the molecule is C.CC.CCC(CC)CC(C)C. The van der Waals surface area contributed by atoms with Gasteiger partial charge in [0, 0.05) is 0 Å². The Bertz CT molecular complexity index is 51.1. The fourth-order valence-electron chi connectivity index (χ4n) is 1.29. The van der Waals surface area contributed by atoms with E-state index in [2.05, 4.69) is 27.7 Å². The average Bonchev–Trinajstić information content (AvgIpc) is 2.03. The van der Waals surface area contributed by atoms with E-state index in [4.69, 9.17) is 0 Å². The molecule has 0 fully saturated rings. The summed E-state index contributed by atoms with van der Waals surface area (Å²) in [7, 11) is 0. The molecular formula is C12H30. The molecule has 0 aliphatic heterocycles. The standard InChI is InChI=1S/C9H20.C2H6.CH4/c1-5-9(6-2)7-8(3)4;1-2;/h8-9H,5-7H2,1-4H3;1-2H3;1H4. The summed E-state index contributed by atoms with van der Waals surface area (Å²) in [6.45, 7) is 13.2. The Kier molecular flexibility index (Phi) is 20.3. The van der Waals surface area contributed by atoms with Crippen molar-refractivity contribution in [2.75, 3.05) is 0 Å². The van der Waals surface area contributed by atoms with Gasteiger partial charge in [-0.05, 0) is 18.3 Å². The van der Waals surface area contributed by atoms with Crippen LogP contribution >= 0.6 is 0 Å². The molecule has 0 aromatic carbocycles. The summed E-state index contributed by atoms with van der Waals surface area (Å²) in [5, 5.41) is 0. The lowest BCUT2D eigenvalue weighted by Crippen LogP contribution is -2.00. The van der Waals surface area contributed by atoms with Crippen LogP contribution in [0.15, 0.2) is 0 Å². The second-order valence-corrected chi connectivity index (χ2v) is 3.31. The lowest BCUT2D eigenvalue weighted by atomic mass is 9.93. The topological polar surface area (TPSA) is 0 Å². The first kappa shape index (κ1) is 17.9. The molecule has 0 unspecified atom stereocenters. The average molecular weight is 174 g/mol. The summed E-state index contributed by atoms with van der Waals surface area (Å²) < 4.78 is 0. The number of hydrogen-bond donors (Lipinski definition) is 0. The van der Waals surface area contributed by atoms with E-state index in [-0.39, 0.29) is 7.43 Å². The van der Waals surface area contributed by atoms with Gasteiger partial charge in [-0.15, -0.1) is 0 Å². The van der Waals surface area contributed by atoms with Gasteiger partial charge >= 0.3 is 0 Å². The van der Waals surface area contributed by atoms with Crippen molar-refractivity contribution in [2.45, 2.75) is 68.2 Å². The van der Waals surface area contributed by atoms with E-state index in [9.17, 15) is 0 Å². The molecule has 0 heteroatoms. The van der Waals surface area contributed by atoms with Gasteiger partial charge in [0.15, 0.2) is 0 Å². The van der Waals surface area contributed by atoms with Crippen molar-refractivity contribution in [3.05, 3.63) is 0 Å². The van der Waals surface area contributed by atoms with Crippen molar-refractivity contribution >= 4 is 0 Å². The molecule has 0 saturated heterocycles. The van der Waals surface area contributed by atoms with Gasteiger partial charge in [-0.3, -0.25) is 0 Å². The van der Waals surface area contributed by atoms with Gasteiger partial charge < -0.3 is 0 Å². The highest BCUT2D eigenvalue weighted by molar-refractivity contribution is 4.56. The molecule has 0 rings (SSSR count). The summed E-state index contributed by atoms with van der Waals surface area (Å²) >= 11 is 0. The zero-order chi connectivity index (χ0) is 9.28. The second kappa shape index (κ2) is 13.6. The van der Waals surface area contributed by atoms with Crippen LogP contribution in [-0.4, -0.2) is 0 Å². The van der Waals surface area contributed by atoms with E-state index in [0.717, 1.165) is 11.8 Å². The predicted molar refractivity (Wildman–Crippen MR) is 61.6 cm³/mol. The lowest BCUT2D eigenvalue weighted by Gasteiger charge is -2.13. The highest BCUT2D eigenvalue weighted by Gasteiger charge is 2.04. The molecule has 0 saturated carbocycles. The molecule has 0 spiro atoms. The van der Waals surface area contributed by atoms with Crippen LogP contribution in [-0.2, 0) is 0 Å². The second-order valence-electron chi connectivity index (χ2n) is 3.31. The quantitative estimate of drug-likeness (QED) is 0.554. The summed E-state index contributed by atoms with van der Waals surface area (Å²) in [5.74, 6) is 1.86. The zero-order valence-corrected chi connectivity index (χ0v) is 9.28. The molecule has 0 bridgehead atoms. The minimum Gasteiger partial charge on any atom is -0.0776 e. The van der Waals surface area contributed by atoms with Crippen LogP contribution in [0.3, 0.4) is 0 Å². The van der Waals surface area contributed by atoms with Gasteiger partial charge in [0.1, 0.15) is 0 Å². The molecule has 0 aliphatic carbocycles. The van der Waals surface area contributed by atoms with Crippen LogP contribution in [0, 0.1) is 11.8 Å². The van der Waals surface area contributed by atoms with Crippen molar-refractivity contribution in [3.63, 3.8) is 0 Å². The predicted octanol–water partition coefficient (Wildman–Crippen LogP) is 5.13. The van der Waals surface area contributed by atoms with Gasteiger partial charge in [0.2, 0.25) is 0 Å². The Morgan fingerprint density at radius 3 is 1.33 bits per heavy atom. The van der Waals surface area contributed by atoms with Crippen molar-refractivity contribution in [1.29, 1.82) is 0 Å². The number of rotatable bonds is 4. The van der Waals surface area contributed by atoms with Gasteiger partial charge in [0.25, 0.3) is 0 Å². The lowest BCUT2D eigenvalue weighted by molar-refractivity contribution is 0.388. The third kappa shape index (κ3) is 12.7. The van der Waals surface area contributed by atoms with Crippen LogP contribution in [0.4, 0.5) is 0 Å².